The fourth-order valence-corrected chi connectivity index (χ4v) is 3.54. The Morgan fingerprint density at radius 3 is 2.62 bits per heavy atom. The highest BCUT2D eigenvalue weighted by molar-refractivity contribution is 14.1. The molecule has 2 rings (SSSR count). The first-order chi connectivity index (χ1) is 9.96. The average molecular weight is 419 g/mol. The first-order valence-corrected chi connectivity index (χ1v) is 8.58. The molecule has 0 heterocycles. The summed E-state index contributed by atoms with van der Waals surface area (Å²) in [5, 5.41) is 9.10. The lowest BCUT2D eigenvalue weighted by Gasteiger charge is -2.12. The van der Waals surface area contributed by atoms with Gasteiger partial charge in [0.25, 0.3) is 10.0 Å². The normalized spacial score (nSPS) is 11.2. The Kier molecular flexibility index (Phi) is 5.07. The van der Waals surface area contributed by atoms with E-state index in [2.05, 4.69) is 27.3 Å². The second kappa shape index (κ2) is 6.63. The van der Waals surface area contributed by atoms with Crippen LogP contribution >= 0.6 is 22.6 Å². The summed E-state index contributed by atoms with van der Waals surface area (Å²) in [6, 6.07) is 11.5. The third kappa shape index (κ3) is 3.86. The number of aliphatic hydroxyl groups is 1. The summed E-state index contributed by atoms with van der Waals surface area (Å²) < 4.78 is 33.4. The van der Waals surface area contributed by atoms with Crippen molar-refractivity contribution in [2.75, 3.05) is 11.8 Å². The van der Waals surface area contributed by atoms with Crippen molar-refractivity contribution in [1.82, 2.24) is 0 Å². The molecule has 2 aromatic carbocycles. The number of anilines is 1. The standard InChI is InChI=1S/C14H14INO4S/c1-20-13-7-10(9-17)5-6-14(13)21(18,19)16-12-4-2-3-11(15)8-12/h2-8,16-17H,9H2,1H3. The number of aliphatic hydroxyl groups excluding tert-OH is 1. The van der Waals surface area contributed by atoms with E-state index in [-0.39, 0.29) is 17.3 Å². The largest absolute Gasteiger partial charge is 0.495 e. The molecule has 2 aromatic rings. The lowest BCUT2D eigenvalue weighted by atomic mass is 10.2. The second-order valence-corrected chi connectivity index (χ2v) is 7.16. The fraction of sp³-hybridized carbons (Fsp3) is 0.143. The molecule has 0 saturated carbocycles. The van der Waals surface area contributed by atoms with Crippen LogP contribution in [0.15, 0.2) is 47.4 Å². The van der Waals surface area contributed by atoms with Crippen LogP contribution in [0.5, 0.6) is 5.75 Å². The summed E-state index contributed by atoms with van der Waals surface area (Å²) in [5.41, 5.74) is 1.07. The molecule has 0 saturated heterocycles. The fourth-order valence-electron chi connectivity index (χ4n) is 1.79. The van der Waals surface area contributed by atoms with Gasteiger partial charge in [-0.05, 0) is 58.5 Å². The van der Waals surface area contributed by atoms with E-state index in [1.807, 2.05) is 6.07 Å². The van der Waals surface area contributed by atoms with Crippen LogP contribution in [-0.4, -0.2) is 20.6 Å². The summed E-state index contributed by atoms with van der Waals surface area (Å²) in [7, 11) is -2.37. The molecular formula is C14H14INO4S. The highest BCUT2D eigenvalue weighted by atomic mass is 127. The van der Waals surface area contributed by atoms with E-state index in [0.29, 0.717) is 11.3 Å². The number of benzene rings is 2. The third-order valence-electron chi connectivity index (χ3n) is 2.78. The number of sulfonamides is 1. The van der Waals surface area contributed by atoms with Gasteiger partial charge in [-0.1, -0.05) is 12.1 Å². The number of nitrogens with one attached hydrogen (secondary N) is 1. The summed E-state index contributed by atoms with van der Waals surface area (Å²) in [6.45, 7) is -0.180. The molecule has 0 amide bonds. The molecule has 0 aliphatic carbocycles. The maximum absolute atomic E-state index is 12.4. The molecule has 0 spiro atoms. The van der Waals surface area contributed by atoms with Gasteiger partial charge in [-0.25, -0.2) is 8.42 Å². The van der Waals surface area contributed by atoms with Crippen molar-refractivity contribution >= 4 is 38.3 Å². The number of hydrogen-bond acceptors (Lipinski definition) is 4. The molecular weight excluding hydrogens is 405 g/mol. The van der Waals surface area contributed by atoms with Crippen molar-refractivity contribution in [3.63, 3.8) is 0 Å². The first kappa shape index (κ1) is 16.1. The molecule has 0 unspecified atom stereocenters. The molecule has 0 radical (unpaired) electrons. The van der Waals surface area contributed by atoms with Crippen LogP contribution in [-0.2, 0) is 16.6 Å². The minimum absolute atomic E-state index is 0.0288. The van der Waals surface area contributed by atoms with Crippen LogP contribution in [0.3, 0.4) is 0 Å². The third-order valence-corrected chi connectivity index (χ3v) is 4.87. The maximum atomic E-state index is 12.4. The van der Waals surface area contributed by atoms with Gasteiger partial charge in [-0.2, -0.15) is 0 Å². The van der Waals surface area contributed by atoms with Gasteiger partial charge in [0.2, 0.25) is 0 Å². The number of hydrogen-bond donors (Lipinski definition) is 2. The Balaban J connectivity index is 2.40. The zero-order valence-electron chi connectivity index (χ0n) is 11.2. The summed E-state index contributed by atoms with van der Waals surface area (Å²) in [5.74, 6) is 0.194. The van der Waals surface area contributed by atoms with E-state index in [4.69, 9.17) is 9.84 Å². The SMILES string of the molecule is COc1cc(CO)ccc1S(=O)(=O)Nc1cccc(I)c1. The quantitative estimate of drug-likeness (QED) is 0.731. The van der Waals surface area contributed by atoms with E-state index >= 15 is 0 Å². The lowest BCUT2D eigenvalue weighted by Crippen LogP contribution is -2.14. The minimum Gasteiger partial charge on any atom is -0.495 e. The Morgan fingerprint density at radius 2 is 2.00 bits per heavy atom. The number of methoxy groups -OCH3 is 1. The highest BCUT2D eigenvalue weighted by Gasteiger charge is 2.20. The van der Waals surface area contributed by atoms with Crippen molar-refractivity contribution in [2.45, 2.75) is 11.5 Å². The predicted molar refractivity (Wildman–Crippen MR) is 88.9 cm³/mol. The zero-order valence-corrected chi connectivity index (χ0v) is 14.2. The predicted octanol–water partition coefficient (Wildman–Crippen LogP) is 2.59. The van der Waals surface area contributed by atoms with Gasteiger partial charge in [0.15, 0.2) is 0 Å². The van der Waals surface area contributed by atoms with Crippen LogP contribution in [0.25, 0.3) is 0 Å². The second-order valence-electron chi connectivity index (χ2n) is 4.26. The summed E-state index contributed by atoms with van der Waals surface area (Å²) in [6.07, 6.45) is 0. The molecule has 5 nitrogen and oxygen atoms in total. The molecule has 21 heavy (non-hydrogen) atoms. The minimum atomic E-state index is -3.76. The zero-order chi connectivity index (χ0) is 15.5. The molecule has 0 fully saturated rings. The molecule has 0 aromatic heterocycles. The molecule has 7 heteroatoms. The van der Waals surface area contributed by atoms with E-state index < -0.39 is 10.0 Å². The van der Waals surface area contributed by atoms with Crippen LogP contribution in [0.4, 0.5) is 5.69 Å². The first-order valence-electron chi connectivity index (χ1n) is 6.02. The summed E-state index contributed by atoms with van der Waals surface area (Å²) in [4.78, 5) is 0.0288. The molecule has 0 atom stereocenters. The maximum Gasteiger partial charge on any atom is 0.265 e. The smallest absolute Gasteiger partial charge is 0.265 e. The van der Waals surface area contributed by atoms with Crippen molar-refractivity contribution in [1.29, 1.82) is 0 Å². The Morgan fingerprint density at radius 1 is 1.24 bits per heavy atom. The van der Waals surface area contributed by atoms with Crippen LogP contribution in [0.1, 0.15) is 5.56 Å². The highest BCUT2D eigenvalue weighted by Crippen LogP contribution is 2.27. The lowest BCUT2D eigenvalue weighted by molar-refractivity contribution is 0.280. The molecule has 0 aliphatic rings. The molecule has 112 valence electrons. The van der Waals surface area contributed by atoms with E-state index in [1.54, 1.807) is 24.3 Å². The van der Waals surface area contributed by atoms with Gasteiger partial charge in [0.1, 0.15) is 10.6 Å². The molecule has 0 aliphatic heterocycles. The monoisotopic (exact) mass is 419 g/mol. The molecule has 2 N–H and O–H groups in total. The number of rotatable bonds is 5. The van der Waals surface area contributed by atoms with Gasteiger partial charge < -0.3 is 9.84 Å². The van der Waals surface area contributed by atoms with Crippen LogP contribution < -0.4 is 9.46 Å². The topological polar surface area (TPSA) is 75.6 Å². The molecule has 0 bridgehead atoms. The Labute approximate surface area is 137 Å². The van der Waals surface area contributed by atoms with Crippen molar-refractivity contribution in [3.05, 3.63) is 51.6 Å². The van der Waals surface area contributed by atoms with Gasteiger partial charge in [0, 0.05) is 9.26 Å². The van der Waals surface area contributed by atoms with E-state index in [9.17, 15) is 8.42 Å². The van der Waals surface area contributed by atoms with Crippen molar-refractivity contribution in [2.24, 2.45) is 0 Å². The van der Waals surface area contributed by atoms with E-state index in [0.717, 1.165) is 3.57 Å². The number of halogens is 1. The average Bonchev–Trinajstić information content (AvgIpc) is 2.46. The van der Waals surface area contributed by atoms with Crippen molar-refractivity contribution in [3.8, 4) is 5.75 Å². The van der Waals surface area contributed by atoms with E-state index in [1.165, 1.54) is 19.2 Å². The van der Waals surface area contributed by atoms with Gasteiger partial charge in [-0.3, -0.25) is 4.72 Å². The van der Waals surface area contributed by atoms with Crippen LogP contribution in [0.2, 0.25) is 0 Å². The van der Waals surface area contributed by atoms with Gasteiger partial charge >= 0.3 is 0 Å². The Bertz CT molecular complexity index is 746. The van der Waals surface area contributed by atoms with Crippen molar-refractivity contribution < 1.29 is 18.3 Å². The van der Waals surface area contributed by atoms with Gasteiger partial charge in [0.05, 0.1) is 13.7 Å². The van der Waals surface area contributed by atoms with Crippen LogP contribution in [0, 0.1) is 3.57 Å². The summed E-state index contributed by atoms with van der Waals surface area (Å²) >= 11 is 2.11. The number of ether oxygens (including phenoxy) is 1. The Hall–Kier alpha value is -1.32. The van der Waals surface area contributed by atoms with Gasteiger partial charge in [-0.15, -0.1) is 0 Å².